The molecule has 26 heavy (non-hydrogen) atoms. The van der Waals surface area contributed by atoms with Crippen molar-refractivity contribution in [2.75, 3.05) is 13.1 Å². The summed E-state index contributed by atoms with van der Waals surface area (Å²) in [7, 11) is 0. The highest BCUT2D eigenvalue weighted by atomic mass is 16.2. The monoisotopic (exact) mass is 355 g/mol. The third kappa shape index (κ3) is 2.54. The molecule has 136 valence electrons. The van der Waals surface area contributed by atoms with Gasteiger partial charge in [-0.25, -0.2) is 0 Å². The van der Waals surface area contributed by atoms with Crippen LogP contribution in [0.15, 0.2) is 18.2 Å². The highest BCUT2D eigenvalue weighted by Gasteiger charge is 2.40. The quantitative estimate of drug-likeness (QED) is 0.746. The van der Waals surface area contributed by atoms with Gasteiger partial charge < -0.3 is 10.2 Å². The van der Waals surface area contributed by atoms with Gasteiger partial charge in [0.1, 0.15) is 7.45 Å². The zero-order valence-corrected chi connectivity index (χ0v) is 14.5. The Morgan fingerprint density at radius 2 is 2.15 bits per heavy atom. The largest absolute Gasteiger partial charge is 0.322 e. The Hall–Kier alpha value is -2.25. The second kappa shape index (κ2) is 5.89. The summed E-state index contributed by atoms with van der Waals surface area (Å²) in [5.74, 6) is -0.773. The van der Waals surface area contributed by atoms with Gasteiger partial charge in [-0.1, -0.05) is 12.1 Å². The van der Waals surface area contributed by atoms with Gasteiger partial charge in [0.2, 0.25) is 11.8 Å². The molecule has 0 aliphatic carbocycles. The molecule has 3 saturated heterocycles. The maximum absolute atomic E-state index is 12.7. The van der Waals surface area contributed by atoms with Crippen LogP contribution < -0.4 is 10.6 Å². The molecule has 7 heteroatoms. The Morgan fingerprint density at radius 1 is 1.27 bits per heavy atom. The summed E-state index contributed by atoms with van der Waals surface area (Å²) in [6.45, 7) is 2.97. The summed E-state index contributed by atoms with van der Waals surface area (Å²) in [5, 5.41) is 4.03. The van der Waals surface area contributed by atoms with Crippen molar-refractivity contribution in [3.05, 3.63) is 34.9 Å². The molecule has 0 saturated carbocycles. The summed E-state index contributed by atoms with van der Waals surface area (Å²) in [6.07, 6.45) is 1.72. The molecule has 0 aromatic heterocycles. The van der Waals surface area contributed by atoms with Crippen LogP contribution in [0.4, 0.5) is 0 Å². The van der Waals surface area contributed by atoms with Crippen molar-refractivity contribution in [2.45, 2.75) is 50.5 Å². The zero-order chi connectivity index (χ0) is 18.7. The summed E-state index contributed by atoms with van der Waals surface area (Å²) in [5.41, 5.74) is 2.77. The number of amides is 3. The first-order valence-electron chi connectivity index (χ1n) is 9.70. The molecule has 1 aromatic rings. The number of imide groups is 1. The SMILES string of the molecule is [2H]N1C[C@H]2C[C@@H]1CN2Cc1ccc2c(c1)CN(C1CCC(=O)NC1=O)C2=O. The normalized spacial score (nSPS) is 32.2. The lowest BCUT2D eigenvalue weighted by molar-refractivity contribution is -0.136. The van der Waals surface area contributed by atoms with Crippen LogP contribution in [-0.4, -0.2) is 58.7 Å². The van der Waals surface area contributed by atoms with Crippen molar-refractivity contribution in [3.8, 4) is 0 Å². The molecule has 1 aromatic carbocycles. The number of hydrogen-bond donors (Lipinski definition) is 2. The molecule has 4 aliphatic heterocycles. The maximum Gasteiger partial charge on any atom is 0.255 e. The van der Waals surface area contributed by atoms with Crippen LogP contribution in [0, 0.1) is 0 Å². The fourth-order valence-corrected chi connectivity index (χ4v) is 4.70. The molecule has 0 radical (unpaired) electrons. The number of likely N-dealkylation sites (tertiary alicyclic amines) is 1. The summed E-state index contributed by atoms with van der Waals surface area (Å²) < 4.78 is 7.87. The summed E-state index contributed by atoms with van der Waals surface area (Å²) >= 11 is 0. The minimum Gasteiger partial charge on any atom is -0.322 e. The van der Waals surface area contributed by atoms with E-state index in [2.05, 4.69) is 16.3 Å². The number of hydrogen-bond acceptors (Lipinski definition) is 5. The summed E-state index contributed by atoms with van der Waals surface area (Å²) in [6, 6.07) is 6.16. The fourth-order valence-electron chi connectivity index (χ4n) is 4.70. The molecule has 4 aliphatic rings. The first-order chi connectivity index (χ1) is 13.0. The molecule has 1 unspecified atom stereocenters. The average Bonchev–Trinajstić information content (AvgIpc) is 3.28. The lowest BCUT2D eigenvalue weighted by Crippen LogP contribution is -2.52. The number of piperazine rings is 1. The van der Waals surface area contributed by atoms with Crippen molar-refractivity contribution < 1.29 is 15.8 Å². The van der Waals surface area contributed by atoms with Gasteiger partial charge in [0, 0.05) is 50.2 Å². The van der Waals surface area contributed by atoms with Crippen molar-refractivity contribution in [1.29, 1.82) is 0 Å². The molecule has 4 heterocycles. The van der Waals surface area contributed by atoms with Crippen LogP contribution in [0.5, 0.6) is 0 Å². The van der Waals surface area contributed by atoms with Crippen molar-refractivity contribution in [1.82, 2.24) is 20.4 Å². The van der Waals surface area contributed by atoms with Gasteiger partial charge in [0.25, 0.3) is 5.91 Å². The Bertz CT molecular complexity index is 842. The number of fused-ring (bicyclic) bond motifs is 3. The van der Waals surface area contributed by atoms with Gasteiger partial charge in [0.15, 0.2) is 0 Å². The Kier molecular flexibility index (Phi) is 3.37. The highest BCUT2D eigenvalue weighted by molar-refractivity contribution is 6.05. The number of nitrogens with zero attached hydrogens (tertiary/aromatic N) is 2. The van der Waals surface area contributed by atoms with Gasteiger partial charge >= 0.3 is 0 Å². The molecule has 2 bridgehead atoms. The minimum absolute atomic E-state index is 0.129. The van der Waals surface area contributed by atoms with Gasteiger partial charge in [-0.2, -0.15) is 0 Å². The molecule has 2 N–H and O–H groups in total. The zero-order valence-electron chi connectivity index (χ0n) is 15.5. The van der Waals surface area contributed by atoms with E-state index in [4.69, 9.17) is 1.41 Å². The first-order valence-corrected chi connectivity index (χ1v) is 9.25. The molecule has 7 nitrogen and oxygen atoms in total. The van der Waals surface area contributed by atoms with Crippen LogP contribution in [-0.2, 0) is 22.7 Å². The van der Waals surface area contributed by atoms with Crippen LogP contribution in [0.3, 0.4) is 0 Å². The predicted molar refractivity (Wildman–Crippen MR) is 93.1 cm³/mol. The van der Waals surface area contributed by atoms with Gasteiger partial charge in [-0.3, -0.25) is 24.6 Å². The van der Waals surface area contributed by atoms with E-state index in [1.165, 1.54) is 0 Å². The standard InChI is InChI=1S/C19H22N4O3/c24-17-4-3-16(18(25)21-17)23-9-12-5-11(1-2-15(12)19(23)26)8-22-10-13-6-14(22)7-20-13/h1-2,5,13-14,16,20H,3-4,6-10H2,(H,21,24,25)/t13-,14-,16?/m1/s1/i/hD. The van der Waals surface area contributed by atoms with E-state index >= 15 is 0 Å². The molecule has 3 fully saturated rings. The second-order valence-corrected chi connectivity index (χ2v) is 7.73. The average molecular weight is 355 g/mol. The lowest BCUT2D eigenvalue weighted by atomic mass is 10.0. The van der Waals surface area contributed by atoms with E-state index < -0.39 is 6.04 Å². The number of carbonyl (C=O) groups excluding carboxylic acids is 3. The lowest BCUT2D eigenvalue weighted by Gasteiger charge is -2.29. The smallest absolute Gasteiger partial charge is 0.255 e. The van der Waals surface area contributed by atoms with Gasteiger partial charge in [0.05, 0.1) is 0 Å². The predicted octanol–water partition coefficient (Wildman–Crippen LogP) is -0.00630. The Balaban J connectivity index is 1.31. The third-order valence-electron chi connectivity index (χ3n) is 6.05. The van der Waals surface area contributed by atoms with Gasteiger partial charge in [-0.15, -0.1) is 0 Å². The molecule has 3 amide bonds. The van der Waals surface area contributed by atoms with E-state index in [9.17, 15) is 14.4 Å². The van der Waals surface area contributed by atoms with Crippen molar-refractivity contribution in [2.24, 2.45) is 0 Å². The fraction of sp³-hybridized carbons (Fsp3) is 0.526. The maximum atomic E-state index is 12.7. The molecule has 0 spiro atoms. The van der Waals surface area contributed by atoms with Crippen molar-refractivity contribution >= 4 is 17.7 Å². The van der Waals surface area contributed by atoms with Crippen molar-refractivity contribution in [3.63, 3.8) is 0 Å². The number of carbonyl (C=O) groups is 3. The number of nitrogens with one attached hydrogen (secondary N) is 2. The topological polar surface area (TPSA) is 81.8 Å². The second-order valence-electron chi connectivity index (χ2n) is 7.73. The minimum atomic E-state index is -0.566. The van der Waals surface area contributed by atoms with E-state index in [-0.39, 0.29) is 24.1 Å². The third-order valence-corrected chi connectivity index (χ3v) is 6.05. The van der Waals surface area contributed by atoms with Gasteiger partial charge in [-0.05, 0) is 30.0 Å². The van der Waals surface area contributed by atoms with E-state index in [1.807, 2.05) is 12.1 Å². The number of benzene rings is 1. The Labute approximate surface area is 153 Å². The first kappa shape index (κ1) is 14.9. The molecule has 3 atom stereocenters. The number of rotatable bonds is 3. The Morgan fingerprint density at radius 3 is 2.88 bits per heavy atom. The highest BCUT2D eigenvalue weighted by Crippen LogP contribution is 2.30. The van der Waals surface area contributed by atoms with E-state index in [0.29, 0.717) is 30.6 Å². The molecule has 5 rings (SSSR count). The van der Waals surface area contributed by atoms with Crippen LogP contribution >= 0.6 is 0 Å². The number of piperidine rings is 1. The van der Waals surface area contributed by atoms with E-state index in [0.717, 1.165) is 37.2 Å². The van der Waals surface area contributed by atoms with Crippen LogP contribution in [0.2, 0.25) is 1.41 Å². The van der Waals surface area contributed by atoms with E-state index in [1.54, 1.807) is 10.2 Å². The van der Waals surface area contributed by atoms with Crippen LogP contribution in [0.1, 0.15) is 40.7 Å². The van der Waals surface area contributed by atoms with Crippen LogP contribution in [0.25, 0.3) is 0 Å². The summed E-state index contributed by atoms with van der Waals surface area (Å²) in [4.78, 5) is 40.3. The molecular weight excluding hydrogens is 332 g/mol. The molecular formula is C19H22N4O3.